The largest absolute Gasteiger partial charge is 0.248 e. The Kier molecular flexibility index (Phi) is 4.77. The number of benzene rings is 2. The molecule has 0 aliphatic heterocycles. The lowest BCUT2D eigenvalue weighted by Gasteiger charge is -2.09. The van der Waals surface area contributed by atoms with Crippen LogP contribution in [0.1, 0.15) is 35.2 Å². The molecule has 0 amide bonds. The van der Waals surface area contributed by atoms with E-state index in [1.165, 1.54) is 11.1 Å². The Bertz CT molecular complexity index is 780. The lowest BCUT2D eigenvalue weighted by atomic mass is 9.97. The molecule has 3 rings (SSSR count). The van der Waals surface area contributed by atoms with Crippen molar-refractivity contribution in [3.63, 3.8) is 0 Å². The topological polar surface area (TPSA) is 30.7 Å². The van der Waals surface area contributed by atoms with Gasteiger partial charge < -0.3 is 0 Å². The Balaban J connectivity index is 1.68. The van der Waals surface area contributed by atoms with E-state index in [0.717, 1.165) is 29.2 Å². The fraction of sp³-hybridized carbons (Fsp3) is 0.263. The van der Waals surface area contributed by atoms with Crippen LogP contribution in [0.15, 0.2) is 54.7 Å². The summed E-state index contributed by atoms with van der Waals surface area (Å²) in [4.78, 5) is 0. The molecule has 1 unspecified atom stereocenters. The van der Waals surface area contributed by atoms with Gasteiger partial charge in [0.1, 0.15) is 0 Å². The van der Waals surface area contributed by atoms with Crippen LogP contribution in [0.3, 0.4) is 0 Å². The van der Waals surface area contributed by atoms with E-state index in [9.17, 15) is 0 Å². The first-order valence-corrected chi connectivity index (χ1v) is 8.18. The number of aryl methyl sites for hydroxylation is 1. The summed E-state index contributed by atoms with van der Waals surface area (Å²) in [6, 6.07) is 16.5. The van der Waals surface area contributed by atoms with Crippen molar-refractivity contribution < 1.29 is 0 Å². The molecular formula is C19H20ClN3. The summed E-state index contributed by atoms with van der Waals surface area (Å²) in [5.74, 6) is 0.320. The Morgan fingerprint density at radius 3 is 2.61 bits per heavy atom. The SMILES string of the molecule is Cc1cc(CC(C)c2cn(Cc3ccccc3)nn2)ccc1Cl. The number of rotatable bonds is 5. The molecule has 3 aromatic rings. The van der Waals surface area contributed by atoms with Crippen molar-refractivity contribution >= 4 is 11.6 Å². The van der Waals surface area contributed by atoms with E-state index in [4.69, 9.17) is 11.6 Å². The molecule has 0 fully saturated rings. The molecule has 4 heteroatoms. The van der Waals surface area contributed by atoms with Crippen LogP contribution in [0, 0.1) is 6.92 Å². The quantitative estimate of drug-likeness (QED) is 0.684. The lowest BCUT2D eigenvalue weighted by molar-refractivity contribution is 0.647. The van der Waals surface area contributed by atoms with E-state index in [1.54, 1.807) is 0 Å². The van der Waals surface area contributed by atoms with Gasteiger partial charge in [0.15, 0.2) is 0 Å². The minimum absolute atomic E-state index is 0.320. The van der Waals surface area contributed by atoms with Crippen LogP contribution in [-0.2, 0) is 13.0 Å². The first-order valence-electron chi connectivity index (χ1n) is 7.81. The Labute approximate surface area is 141 Å². The van der Waals surface area contributed by atoms with Crippen LogP contribution in [0.4, 0.5) is 0 Å². The van der Waals surface area contributed by atoms with Crippen LogP contribution < -0.4 is 0 Å². The van der Waals surface area contributed by atoms with Crippen LogP contribution in [0.2, 0.25) is 5.02 Å². The molecule has 0 saturated carbocycles. The maximum absolute atomic E-state index is 6.09. The third-order valence-electron chi connectivity index (χ3n) is 4.01. The zero-order chi connectivity index (χ0) is 16.2. The van der Waals surface area contributed by atoms with Gasteiger partial charge in [-0.15, -0.1) is 5.10 Å². The minimum atomic E-state index is 0.320. The summed E-state index contributed by atoms with van der Waals surface area (Å²) in [5.41, 5.74) is 4.64. The number of hydrogen-bond acceptors (Lipinski definition) is 2. The Morgan fingerprint density at radius 2 is 1.87 bits per heavy atom. The third kappa shape index (κ3) is 3.99. The molecule has 0 spiro atoms. The molecule has 0 aliphatic carbocycles. The molecule has 118 valence electrons. The van der Waals surface area contributed by atoms with Crippen molar-refractivity contribution in [1.82, 2.24) is 15.0 Å². The zero-order valence-electron chi connectivity index (χ0n) is 13.4. The predicted molar refractivity (Wildman–Crippen MR) is 93.9 cm³/mol. The van der Waals surface area contributed by atoms with Gasteiger partial charge in [0.25, 0.3) is 0 Å². The average Bonchev–Trinajstić information content (AvgIpc) is 3.00. The standard InChI is InChI=1S/C19H20ClN3/c1-14-10-17(8-9-18(14)20)11-15(2)19-13-23(22-21-19)12-16-6-4-3-5-7-16/h3-10,13,15H,11-12H2,1-2H3. The van der Waals surface area contributed by atoms with Crippen molar-refractivity contribution in [3.8, 4) is 0 Å². The molecule has 0 radical (unpaired) electrons. The highest BCUT2D eigenvalue weighted by Crippen LogP contribution is 2.22. The van der Waals surface area contributed by atoms with Crippen molar-refractivity contribution in [1.29, 1.82) is 0 Å². The summed E-state index contributed by atoms with van der Waals surface area (Å²) in [6.45, 7) is 4.97. The Morgan fingerprint density at radius 1 is 1.09 bits per heavy atom. The molecule has 0 aliphatic rings. The van der Waals surface area contributed by atoms with Crippen LogP contribution in [0.25, 0.3) is 0 Å². The van der Waals surface area contributed by atoms with Gasteiger partial charge in [-0.25, -0.2) is 4.68 Å². The van der Waals surface area contributed by atoms with E-state index < -0.39 is 0 Å². The van der Waals surface area contributed by atoms with Crippen LogP contribution in [0.5, 0.6) is 0 Å². The maximum Gasteiger partial charge on any atom is 0.0858 e. The Hall–Kier alpha value is -2.13. The third-order valence-corrected chi connectivity index (χ3v) is 4.44. The highest BCUT2D eigenvalue weighted by molar-refractivity contribution is 6.31. The first-order chi connectivity index (χ1) is 11.1. The van der Waals surface area contributed by atoms with E-state index in [1.807, 2.05) is 42.1 Å². The van der Waals surface area contributed by atoms with Crippen molar-refractivity contribution in [3.05, 3.63) is 82.1 Å². The van der Waals surface area contributed by atoms with E-state index in [-0.39, 0.29) is 0 Å². The van der Waals surface area contributed by atoms with Crippen molar-refractivity contribution in [2.24, 2.45) is 0 Å². The highest BCUT2D eigenvalue weighted by atomic mass is 35.5. The van der Waals surface area contributed by atoms with Gasteiger partial charge in [0.2, 0.25) is 0 Å². The monoisotopic (exact) mass is 325 g/mol. The fourth-order valence-corrected chi connectivity index (χ4v) is 2.80. The van der Waals surface area contributed by atoms with E-state index in [0.29, 0.717) is 5.92 Å². The zero-order valence-corrected chi connectivity index (χ0v) is 14.2. The molecule has 1 aromatic heterocycles. The average molecular weight is 326 g/mol. The molecule has 0 N–H and O–H groups in total. The molecule has 1 atom stereocenters. The van der Waals surface area contributed by atoms with Gasteiger partial charge in [-0.05, 0) is 36.1 Å². The predicted octanol–water partition coefficient (Wildman–Crippen LogP) is 4.63. The summed E-state index contributed by atoms with van der Waals surface area (Å²) in [5, 5.41) is 9.40. The second-order valence-corrected chi connectivity index (χ2v) is 6.42. The van der Waals surface area contributed by atoms with Crippen molar-refractivity contribution in [2.45, 2.75) is 32.7 Å². The van der Waals surface area contributed by atoms with Crippen LogP contribution in [-0.4, -0.2) is 15.0 Å². The number of aromatic nitrogens is 3. The molecule has 0 saturated heterocycles. The number of hydrogen-bond donors (Lipinski definition) is 0. The van der Waals surface area contributed by atoms with Gasteiger partial charge in [0.05, 0.1) is 12.2 Å². The van der Waals surface area contributed by atoms with Gasteiger partial charge in [-0.3, -0.25) is 0 Å². The number of halogens is 1. The van der Waals surface area contributed by atoms with Gasteiger partial charge in [-0.1, -0.05) is 66.2 Å². The summed E-state index contributed by atoms with van der Waals surface area (Å²) < 4.78 is 1.90. The minimum Gasteiger partial charge on any atom is -0.248 e. The van der Waals surface area contributed by atoms with Gasteiger partial charge in [-0.2, -0.15) is 0 Å². The van der Waals surface area contributed by atoms with E-state index >= 15 is 0 Å². The molecular weight excluding hydrogens is 306 g/mol. The summed E-state index contributed by atoms with van der Waals surface area (Å²) in [7, 11) is 0. The maximum atomic E-state index is 6.09. The highest BCUT2D eigenvalue weighted by Gasteiger charge is 2.12. The number of nitrogens with zero attached hydrogens (tertiary/aromatic N) is 3. The molecule has 1 heterocycles. The normalized spacial score (nSPS) is 12.3. The summed E-state index contributed by atoms with van der Waals surface area (Å²) >= 11 is 6.09. The van der Waals surface area contributed by atoms with Crippen molar-refractivity contribution in [2.75, 3.05) is 0 Å². The molecule has 0 bridgehead atoms. The molecule has 2 aromatic carbocycles. The van der Waals surface area contributed by atoms with Crippen LogP contribution >= 0.6 is 11.6 Å². The smallest absolute Gasteiger partial charge is 0.0858 e. The second kappa shape index (κ2) is 6.97. The summed E-state index contributed by atoms with van der Waals surface area (Å²) in [6.07, 6.45) is 2.97. The second-order valence-electron chi connectivity index (χ2n) is 6.02. The van der Waals surface area contributed by atoms with Gasteiger partial charge in [0, 0.05) is 17.1 Å². The van der Waals surface area contributed by atoms with E-state index in [2.05, 4.69) is 41.5 Å². The molecule has 3 nitrogen and oxygen atoms in total. The van der Waals surface area contributed by atoms with Gasteiger partial charge >= 0.3 is 0 Å². The lowest BCUT2D eigenvalue weighted by Crippen LogP contribution is -2.00. The fourth-order valence-electron chi connectivity index (χ4n) is 2.68. The molecule has 23 heavy (non-hydrogen) atoms. The first kappa shape index (κ1) is 15.8.